The number of aromatic carboxylic acids is 1. The highest BCUT2D eigenvalue weighted by Crippen LogP contribution is 2.31. The largest absolute Gasteiger partial charge is 0.477 e. The van der Waals surface area contributed by atoms with E-state index < -0.39 is 11.6 Å². The third-order valence-corrected chi connectivity index (χ3v) is 4.07. The van der Waals surface area contributed by atoms with Gasteiger partial charge in [-0.25, -0.2) is 14.6 Å². The first-order chi connectivity index (χ1) is 9.26. The molecular weight excluding hydrogens is 280 g/mol. The van der Waals surface area contributed by atoms with Crippen LogP contribution in [0.5, 0.6) is 0 Å². The zero-order valence-corrected chi connectivity index (χ0v) is 12.6. The van der Waals surface area contributed by atoms with Crippen LogP contribution in [0, 0.1) is 0 Å². The average Bonchev–Trinajstić information content (AvgIpc) is 2.95. The molecule has 110 valence electrons. The summed E-state index contributed by atoms with van der Waals surface area (Å²) >= 11 is 1.18. The van der Waals surface area contributed by atoms with Gasteiger partial charge in [0, 0.05) is 19.0 Å². The smallest absolute Gasteiger partial charge is 0.410 e. The first-order valence-electron chi connectivity index (χ1n) is 6.43. The van der Waals surface area contributed by atoms with Gasteiger partial charge in [0.1, 0.15) is 10.5 Å². The number of carbonyl (C=O) groups is 2. The molecule has 0 aromatic carbocycles. The van der Waals surface area contributed by atoms with E-state index in [1.54, 1.807) is 4.90 Å². The number of carboxylic acid groups (broad SMARTS) is 1. The molecule has 0 radical (unpaired) electrons. The zero-order chi connectivity index (χ0) is 14.9. The fourth-order valence-electron chi connectivity index (χ4n) is 2.03. The molecular formula is C13H18N2O4S. The molecule has 0 saturated carbocycles. The van der Waals surface area contributed by atoms with E-state index in [0.717, 1.165) is 11.4 Å². The molecule has 1 saturated heterocycles. The van der Waals surface area contributed by atoms with Crippen molar-refractivity contribution in [3.8, 4) is 0 Å². The van der Waals surface area contributed by atoms with Crippen LogP contribution >= 0.6 is 11.3 Å². The van der Waals surface area contributed by atoms with E-state index in [2.05, 4.69) is 4.98 Å². The summed E-state index contributed by atoms with van der Waals surface area (Å²) in [5, 5.41) is 9.67. The van der Waals surface area contributed by atoms with Crippen molar-refractivity contribution in [2.75, 3.05) is 13.1 Å². The van der Waals surface area contributed by atoms with Gasteiger partial charge in [0.15, 0.2) is 0 Å². The Hall–Kier alpha value is -1.63. The lowest BCUT2D eigenvalue weighted by molar-refractivity contribution is 0.0292. The number of nitrogens with zero attached hydrogens (tertiary/aromatic N) is 2. The van der Waals surface area contributed by atoms with Gasteiger partial charge in [-0.2, -0.15) is 0 Å². The predicted molar refractivity (Wildman–Crippen MR) is 74.2 cm³/mol. The maximum absolute atomic E-state index is 11.9. The van der Waals surface area contributed by atoms with Gasteiger partial charge < -0.3 is 14.7 Å². The molecule has 1 unspecified atom stereocenters. The molecule has 1 aromatic heterocycles. The minimum absolute atomic E-state index is 0.0978. The van der Waals surface area contributed by atoms with Crippen LogP contribution in [0.2, 0.25) is 0 Å². The third-order valence-electron chi connectivity index (χ3n) is 2.92. The van der Waals surface area contributed by atoms with Crippen LogP contribution < -0.4 is 0 Å². The maximum Gasteiger partial charge on any atom is 0.410 e. The lowest BCUT2D eigenvalue weighted by atomic mass is 10.1. The monoisotopic (exact) mass is 298 g/mol. The van der Waals surface area contributed by atoms with Gasteiger partial charge >= 0.3 is 12.1 Å². The van der Waals surface area contributed by atoms with Crippen molar-refractivity contribution in [2.45, 2.75) is 38.7 Å². The SMILES string of the molecule is CC(C)(C)OC(=O)N1CCC(c2ncc(C(=O)O)s2)C1. The molecule has 2 rings (SSSR count). The lowest BCUT2D eigenvalue weighted by Crippen LogP contribution is -2.35. The number of ether oxygens (including phenoxy) is 1. The first-order valence-corrected chi connectivity index (χ1v) is 7.25. The Balaban J connectivity index is 1.98. The maximum atomic E-state index is 11.9. The van der Waals surface area contributed by atoms with Crippen molar-refractivity contribution in [2.24, 2.45) is 0 Å². The number of hydrogen-bond donors (Lipinski definition) is 1. The summed E-state index contributed by atoms with van der Waals surface area (Å²) < 4.78 is 5.33. The number of hydrogen-bond acceptors (Lipinski definition) is 5. The summed E-state index contributed by atoms with van der Waals surface area (Å²) in [6.45, 7) is 6.64. The van der Waals surface area contributed by atoms with E-state index in [1.807, 2.05) is 20.8 Å². The number of carboxylic acids is 1. The summed E-state index contributed by atoms with van der Waals surface area (Å²) in [5.41, 5.74) is -0.507. The Morgan fingerprint density at radius 1 is 1.50 bits per heavy atom. The lowest BCUT2D eigenvalue weighted by Gasteiger charge is -2.24. The Kier molecular flexibility index (Phi) is 3.99. The Bertz CT molecular complexity index is 521. The second-order valence-corrected chi connectivity index (χ2v) is 6.84. The summed E-state index contributed by atoms with van der Waals surface area (Å²) in [5.74, 6) is -0.864. The van der Waals surface area contributed by atoms with Gasteiger partial charge in [-0.05, 0) is 27.2 Å². The second-order valence-electron chi connectivity index (χ2n) is 5.78. The number of aromatic nitrogens is 1. The van der Waals surface area contributed by atoms with Gasteiger partial charge in [-0.3, -0.25) is 0 Å². The molecule has 0 spiro atoms. The third kappa shape index (κ3) is 3.47. The van der Waals surface area contributed by atoms with Crippen LogP contribution in [0.1, 0.15) is 47.8 Å². The topological polar surface area (TPSA) is 79.7 Å². The first kappa shape index (κ1) is 14.8. The molecule has 0 bridgehead atoms. The Morgan fingerprint density at radius 3 is 2.75 bits per heavy atom. The van der Waals surface area contributed by atoms with Crippen molar-refractivity contribution in [3.63, 3.8) is 0 Å². The average molecular weight is 298 g/mol. The van der Waals surface area contributed by atoms with Crippen molar-refractivity contribution in [1.82, 2.24) is 9.88 Å². The normalized spacial score (nSPS) is 19.1. The fourth-order valence-corrected chi connectivity index (χ4v) is 2.91. The summed E-state index contributed by atoms with van der Waals surface area (Å²) in [6.07, 6.45) is 1.83. The molecule has 1 aromatic rings. The summed E-state index contributed by atoms with van der Waals surface area (Å²) in [6, 6.07) is 0. The predicted octanol–water partition coefficient (Wildman–Crippen LogP) is 2.57. The minimum Gasteiger partial charge on any atom is -0.477 e. The molecule has 1 N–H and O–H groups in total. The zero-order valence-electron chi connectivity index (χ0n) is 11.8. The molecule has 1 atom stereocenters. The Morgan fingerprint density at radius 2 is 2.20 bits per heavy atom. The van der Waals surface area contributed by atoms with Crippen molar-refractivity contribution < 1.29 is 19.4 Å². The number of amides is 1. The van der Waals surface area contributed by atoms with Crippen LogP contribution in [0.4, 0.5) is 4.79 Å². The van der Waals surface area contributed by atoms with Crippen LogP contribution in [0.15, 0.2) is 6.20 Å². The highest BCUT2D eigenvalue weighted by Gasteiger charge is 2.32. The molecule has 0 aliphatic carbocycles. The summed E-state index contributed by atoms with van der Waals surface area (Å²) in [4.78, 5) is 28.8. The molecule has 1 aliphatic heterocycles. The van der Waals surface area contributed by atoms with E-state index >= 15 is 0 Å². The van der Waals surface area contributed by atoms with E-state index in [-0.39, 0.29) is 16.9 Å². The number of thiazole rings is 1. The summed E-state index contributed by atoms with van der Waals surface area (Å²) in [7, 11) is 0. The van der Waals surface area contributed by atoms with Crippen LogP contribution in [-0.4, -0.2) is 45.7 Å². The fraction of sp³-hybridized carbons (Fsp3) is 0.615. The van der Waals surface area contributed by atoms with Crippen molar-refractivity contribution >= 4 is 23.4 Å². The van der Waals surface area contributed by atoms with E-state index in [9.17, 15) is 9.59 Å². The molecule has 6 nitrogen and oxygen atoms in total. The molecule has 20 heavy (non-hydrogen) atoms. The van der Waals surface area contributed by atoms with Gasteiger partial charge in [0.2, 0.25) is 0 Å². The van der Waals surface area contributed by atoms with Crippen molar-refractivity contribution in [1.29, 1.82) is 0 Å². The van der Waals surface area contributed by atoms with Crippen LogP contribution in [0.25, 0.3) is 0 Å². The second kappa shape index (κ2) is 5.40. The Labute approximate surface area is 121 Å². The standard InChI is InChI=1S/C13H18N2O4S/c1-13(2,3)19-12(18)15-5-4-8(7-15)10-14-6-9(20-10)11(16)17/h6,8H,4-5,7H2,1-3H3,(H,16,17). The minimum atomic E-state index is -0.962. The number of likely N-dealkylation sites (tertiary alicyclic amines) is 1. The van der Waals surface area contributed by atoms with Gasteiger partial charge in [0.25, 0.3) is 0 Å². The van der Waals surface area contributed by atoms with Crippen LogP contribution in [-0.2, 0) is 4.74 Å². The number of carbonyl (C=O) groups excluding carboxylic acids is 1. The highest BCUT2D eigenvalue weighted by atomic mass is 32.1. The molecule has 2 heterocycles. The van der Waals surface area contributed by atoms with Gasteiger partial charge in [-0.15, -0.1) is 11.3 Å². The van der Waals surface area contributed by atoms with Gasteiger partial charge in [-0.1, -0.05) is 0 Å². The van der Waals surface area contributed by atoms with E-state index in [1.165, 1.54) is 17.5 Å². The highest BCUT2D eigenvalue weighted by molar-refractivity contribution is 7.13. The van der Waals surface area contributed by atoms with E-state index in [0.29, 0.717) is 13.1 Å². The van der Waals surface area contributed by atoms with Gasteiger partial charge in [0.05, 0.1) is 11.2 Å². The number of rotatable bonds is 2. The molecule has 1 amide bonds. The van der Waals surface area contributed by atoms with Crippen LogP contribution in [0.3, 0.4) is 0 Å². The van der Waals surface area contributed by atoms with Crippen molar-refractivity contribution in [3.05, 3.63) is 16.1 Å². The molecule has 7 heteroatoms. The molecule has 1 aliphatic rings. The van der Waals surface area contributed by atoms with E-state index in [4.69, 9.17) is 9.84 Å². The quantitative estimate of drug-likeness (QED) is 0.907. The molecule has 1 fully saturated rings.